The molecule has 1 saturated heterocycles. The number of benzene rings is 1. The zero-order chi connectivity index (χ0) is 10.8. The number of nitrogens with zero attached hydrogens (tertiary/aromatic N) is 1. The number of rotatable bonds is 1. The third kappa shape index (κ3) is 1.99. The van der Waals surface area contributed by atoms with Gasteiger partial charge in [-0.15, -0.1) is 0 Å². The van der Waals surface area contributed by atoms with E-state index in [0.717, 1.165) is 6.42 Å². The lowest BCUT2D eigenvalue weighted by Gasteiger charge is -2.13. The molecule has 3 nitrogen and oxygen atoms in total. The number of carbonyl (C=O) groups excluding carboxylic acids is 1. The van der Waals surface area contributed by atoms with Crippen LogP contribution in [0, 0.1) is 12.7 Å². The molecule has 0 bridgehead atoms. The Kier molecular flexibility index (Phi) is 2.68. The van der Waals surface area contributed by atoms with Crippen molar-refractivity contribution in [2.75, 3.05) is 13.2 Å². The molecule has 0 aliphatic carbocycles. The van der Waals surface area contributed by atoms with Crippen molar-refractivity contribution < 1.29 is 14.0 Å². The summed E-state index contributed by atoms with van der Waals surface area (Å²) in [4.78, 5) is 16.9. The maximum Gasteiger partial charge on any atom is 0.277 e. The minimum Gasteiger partial charge on any atom is -0.271 e. The van der Waals surface area contributed by atoms with Gasteiger partial charge in [-0.2, -0.15) is 0 Å². The number of carbonyl (C=O) groups is 1. The lowest BCUT2D eigenvalue weighted by Crippen LogP contribution is -2.26. The minimum atomic E-state index is -0.297. The molecule has 0 aromatic heterocycles. The van der Waals surface area contributed by atoms with E-state index in [2.05, 4.69) is 0 Å². The highest BCUT2D eigenvalue weighted by molar-refractivity contribution is 5.93. The molecule has 1 aliphatic rings. The molecule has 1 aromatic carbocycles. The molecular weight excluding hydrogens is 197 g/mol. The van der Waals surface area contributed by atoms with Gasteiger partial charge in [0.15, 0.2) is 0 Å². The van der Waals surface area contributed by atoms with Crippen LogP contribution in [-0.4, -0.2) is 24.1 Å². The second kappa shape index (κ2) is 3.98. The number of hydroxylamine groups is 2. The van der Waals surface area contributed by atoms with Gasteiger partial charge < -0.3 is 0 Å². The van der Waals surface area contributed by atoms with Gasteiger partial charge in [0.2, 0.25) is 0 Å². The molecule has 4 heteroatoms. The molecule has 0 atom stereocenters. The first-order valence-electron chi connectivity index (χ1n) is 4.89. The largest absolute Gasteiger partial charge is 0.277 e. The SMILES string of the molecule is Cc1cc(C(=O)N2CCCO2)ccc1F. The van der Waals surface area contributed by atoms with E-state index in [9.17, 15) is 9.18 Å². The van der Waals surface area contributed by atoms with E-state index in [1.165, 1.54) is 17.2 Å². The average Bonchev–Trinajstić information content (AvgIpc) is 2.74. The van der Waals surface area contributed by atoms with Crippen molar-refractivity contribution in [2.24, 2.45) is 0 Å². The summed E-state index contributed by atoms with van der Waals surface area (Å²) in [5.74, 6) is -0.496. The fourth-order valence-electron chi connectivity index (χ4n) is 1.53. The zero-order valence-corrected chi connectivity index (χ0v) is 8.50. The summed E-state index contributed by atoms with van der Waals surface area (Å²) in [6.07, 6.45) is 0.853. The second-order valence-corrected chi connectivity index (χ2v) is 3.56. The normalized spacial score (nSPS) is 15.7. The molecular formula is C11H12FNO2. The second-order valence-electron chi connectivity index (χ2n) is 3.56. The Labute approximate surface area is 87.4 Å². The molecule has 1 amide bonds. The van der Waals surface area contributed by atoms with Gasteiger partial charge in [-0.25, -0.2) is 9.45 Å². The monoisotopic (exact) mass is 209 g/mol. The fraction of sp³-hybridized carbons (Fsp3) is 0.364. The van der Waals surface area contributed by atoms with E-state index in [-0.39, 0.29) is 11.7 Å². The first kappa shape index (κ1) is 10.1. The van der Waals surface area contributed by atoms with Gasteiger partial charge in [-0.3, -0.25) is 9.63 Å². The molecule has 0 radical (unpaired) electrons. The Balaban J connectivity index is 2.21. The van der Waals surface area contributed by atoms with E-state index < -0.39 is 0 Å². The molecule has 80 valence electrons. The van der Waals surface area contributed by atoms with E-state index in [0.29, 0.717) is 24.3 Å². The molecule has 0 saturated carbocycles. The summed E-state index contributed by atoms with van der Waals surface area (Å²) in [7, 11) is 0. The Morgan fingerprint density at radius 1 is 1.53 bits per heavy atom. The summed E-state index contributed by atoms with van der Waals surface area (Å²) < 4.78 is 13.0. The van der Waals surface area contributed by atoms with Gasteiger partial charge in [0.25, 0.3) is 5.91 Å². The van der Waals surface area contributed by atoms with Crippen LogP contribution in [0.5, 0.6) is 0 Å². The summed E-state index contributed by atoms with van der Waals surface area (Å²) in [6, 6.07) is 4.32. The fourth-order valence-corrected chi connectivity index (χ4v) is 1.53. The van der Waals surface area contributed by atoms with Crippen molar-refractivity contribution in [3.8, 4) is 0 Å². The minimum absolute atomic E-state index is 0.199. The number of aryl methyl sites for hydroxylation is 1. The number of hydrogen-bond acceptors (Lipinski definition) is 2. The topological polar surface area (TPSA) is 29.5 Å². The van der Waals surface area contributed by atoms with Crippen molar-refractivity contribution in [1.29, 1.82) is 0 Å². The zero-order valence-electron chi connectivity index (χ0n) is 8.50. The van der Waals surface area contributed by atoms with Crippen molar-refractivity contribution in [1.82, 2.24) is 5.06 Å². The Hall–Kier alpha value is -1.42. The summed E-state index contributed by atoms with van der Waals surface area (Å²) >= 11 is 0. The van der Waals surface area contributed by atoms with E-state index in [4.69, 9.17) is 4.84 Å². The van der Waals surface area contributed by atoms with Crippen molar-refractivity contribution in [3.05, 3.63) is 35.1 Å². The quantitative estimate of drug-likeness (QED) is 0.707. The van der Waals surface area contributed by atoms with Crippen LogP contribution in [0.15, 0.2) is 18.2 Å². The van der Waals surface area contributed by atoms with Crippen LogP contribution >= 0.6 is 0 Å². The van der Waals surface area contributed by atoms with Crippen molar-refractivity contribution in [3.63, 3.8) is 0 Å². The van der Waals surface area contributed by atoms with Crippen LogP contribution in [0.2, 0.25) is 0 Å². The Morgan fingerprint density at radius 3 is 2.93 bits per heavy atom. The standard InChI is InChI=1S/C11H12FNO2/c1-8-7-9(3-4-10(8)12)11(14)13-5-2-6-15-13/h3-4,7H,2,5-6H2,1H3. The van der Waals surface area contributed by atoms with Crippen LogP contribution in [-0.2, 0) is 4.84 Å². The summed E-state index contributed by atoms with van der Waals surface area (Å²) in [6.45, 7) is 2.82. The summed E-state index contributed by atoms with van der Waals surface area (Å²) in [5.41, 5.74) is 0.941. The highest BCUT2D eigenvalue weighted by Crippen LogP contribution is 2.14. The third-order valence-electron chi connectivity index (χ3n) is 2.38. The predicted molar refractivity (Wildman–Crippen MR) is 52.7 cm³/mol. The highest BCUT2D eigenvalue weighted by atomic mass is 19.1. The molecule has 1 heterocycles. The van der Waals surface area contributed by atoms with Gasteiger partial charge in [-0.1, -0.05) is 0 Å². The Morgan fingerprint density at radius 2 is 2.33 bits per heavy atom. The van der Waals surface area contributed by atoms with Crippen molar-refractivity contribution >= 4 is 5.91 Å². The summed E-state index contributed by atoms with van der Waals surface area (Å²) in [5, 5.41) is 1.33. The van der Waals surface area contributed by atoms with Gasteiger partial charge in [0, 0.05) is 5.56 Å². The number of halogens is 1. The number of amides is 1. The van der Waals surface area contributed by atoms with Gasteiger partial charge in [0.1, 0.15) is 5.82 Å². The highest BCUT2D eigenvalue weighted by Gasteiger charge is 2.21. The van der Waals surface area contributed by atoms with E-state index in [1.807, 2.05) is 0 Å². The van der Waals surface area contributed by atoms with E-state index in [1.54, 1.807) is 13.0 Å². The predicted octanol–water partition coefficient (Wildman–Crippen LogP) is 1.91. The maximum atomic E-state index is 13.0. The first-order valence-corrected chi connectivity index (χ1v) is 4.89. The molecule has 1 aliphatic heterocycles. The van der Waals surface area contributed by atoms with Crippen LogP contribution in [0.1, 0.15) is 22.3 Å². The third-order valence-corrected chi connectivity index (χ3v) is 2.38. The molecule has 0 spiro atoms. The first-order chi connectivity index (χ1) is 7.18. The van der Waals surface area contributed by atoms with Gasteiger partial charge >= 0.3 is 0 Å². The maximum absolute atomic E-state index is 13.0. The van der Waals surface area contributed by atoms with E-state index >= 15 is 0 Å². The molecule has 0 unspecified atom stereocenters. The van der Waals surface area contributed by atoms with Crippen LogP contribution in [0.4, 0.5) is 4.39 Å². The van der Waals surface area contributed by atoms with Crippen molar-refractivity contribution in [2.45, 2.75) is 13.3 Å². The molecule has 0 N–H and O–H groups in total. The molecule has 2 rings (SSSR count). The lowest BCUT2D eigenvalue weighted by molar-refractivity contribution is -0.0768. The van der Waals surface area contributed by atoms with Gasteiger partial charge in [0.05, 0.1) is 13.2 Å². The van der Waals surface area contributed by atoms with Crippen LogP contribution in [0.3, 0.4) is 0 Å². The smallest absolute Gasteiger partial charge is 0.271 e. The average molecular weight is 209 g/mol. The lowest BCUT2D eigenvalue weighted by atomic mass is 10.1. The molecule has 1 fully saturated rings. The molecule has 15 heavy (non-hydrogen) atoms. The molecule has 1 aromatic rings. The van der Waals surface area contributed by atoms with Crippen LogP contribution < -0.4 is 0 Å². The van der Waals surface area contributed by atoms with Gasteiger partial charge in [-0.05, 0) is 37.1 Å². The number of hydrogen-bond donors (Lipinski definition) is 0. The Bertz CT molecular complexity index is 386. The van der Waals surface area contributed by atoms with Crippen LogP contribution in [0.25, 0.3) is 0 Å².